The first-order valence-corrected chi connectivity index (χ1v) is 18.4. The molecule has 0 aliphatic heterocycles. The number of benzene rings is 2. The Morgan fingerprint density at radius 3 is 1.64 bits per heavy atom. The van der Waals surface area contributed by atoms with Crippen LogP contribution in [-0.4, -0.2) is 78.9 Å². The van der Waals surface area contributed by atoms with Crippen molar-refractivity contribution < 1.29 is 39.5 Å². The van der Waals surface area contributed by atoms with Gasteiger partial charge in [0, 0.05) is 11.1 Å². The second-order valence-electron chi connectivity index (χ2n) is 15.7. The number of hydrogen-bond donors (Lipinski definition) is 4. The van der Waals surface area contributed by atoms with E-state index in [1.165, 1.54) is 26.5 Å². The van der Waals surface area contributed by atoms with Crippen molar-refractivity contribution in [3.63, 3.8) is 0 Å². The lowest BCUT2D eigenvalue weighted by Crippen LogP contribution is -2.40. The zero-order chi connectivity index (χ0) is 37.2. The Balaban J connectivity index is 0.000000270. The Morgan fingerprint density at radius 2 is 1.14 bits per heavy atom. The Bertz CT molecular complexity index is 1430. The van der Waals surface area contributed by atoms with E-state index in [2.05, 4.69) is 0 Å². The van der Waals surface area contributed by atoms with Gasteiger partial charge in [-0.1, -0.05) is 26.0 Å². The van der Waals surface area contributed by atoms with Crippen LogP contribution in [0.5, 0.6) is 11.5 Å². The number of phenolic OH excluding ortho intramolecular Hbond substituents is 2. The van der Waals surface area contributed by atoms with Gasteiger partial charge in [0.1, 0.15) is 22.7 Å². The lowest BCUT2D eigenvalue weighted by atomic mass is 9.87. The highest BCUT2D eigenvalue weighted by atomic mass is 16.6. The minimum atomic E-state index is -0.618. The average Bonchev–Trinajstić information content (AvgIpc) is 3.04. The van der Waals surface area contributed by atoms with Crippen LogP contribution in [0.4, 0.5) is 9.59 Å². The second-order valence-corrected chi connectivity index (χ2v) is 15.7. The molecular weight excluding hydrogens is 636 g/mol. The summed E-state index contributed by atoms with van der Waals surface area (Å²) in [6.45, 7) is 15.5. The van der Waals surface area contributed by atoms with Crippen LogP contribution in [0.2, 0.25) is 0 Å². The number of ether oxygens (including phenoxy) is 2. The number of phenols is 2. The van der Waals surface area contributed by atoms with Crippen LogP contribution in [0, 0.1) is 0 Å². The fraction of sp³-hybridized carbons (Fsp3) is 0.650. The van der Waals surface area contributed by atoms with Crippen LogP contribution in [-0.2, 0) is 48.2 Å². The Labute approximate surface area is 299 Å². The molecule has 0 bridgehead atoms. The van der Waals surface area contributed by atoms with Crippen molar-refractivity contribution in [1.82, 2.24) is 9.80 Å². The molecular formula is C40H62N2O8. The van der Waals surface area contributed by atoms with Crippen molar-refractivity contribution in [2.24, 2.45) is 0 Å². The summed E-state index contributed by atoms with van der Waals surface area (Å²) in [7, 11) is 0. The molecule has 280 valence electrons. The third-order valence-electron chi connectivity index (χ3n) is 8.99. The number of aryl methyl sites for hydroxylation is 3. The summed E-state index contributed by atoms with van der Waals surface area (Å²) < 4.78 is 11.0. The van der Waals surface area contributed by atoms with E-state index in [1.54, 1.807) is 6.07 Å². The summed E-state index contributed by atoms with van der Waals surface area (Å²) >= 11 is 0. The molecule has 50 heavy (non-hydrogen) atoms. The smallest absolute Gasteiger partial charge is 0.410 e. The summed E-state index contributed by atoms with van der Waals surface area (Å²) in [6.07, 6.45) is 7.40. The van der Waals surface area contributed by atoms with Crippen molar-refractivity contribution in [2.45, 2.75) is 156 Å². The molecule has 2 aromatic rings. The van der Waals surface area contributed by atoms with Crippen molar-refractivity contribution >= 4 is 12.2 Å². The summed E-state index contributed by atoms with van der Waals surface area (Å²) in [5, 5.41) is 40.8. The molecule has 10 heteroatoms. The first kappa shape index (κ1) is 40.9. The van der Waals surface area contributed by atoms with E-state index in [1.807, 2.05) is 73.6 Å². The molecule has 2 aliphatic rings. The SMILES string of the molecule is CC[C@H](O)CN(Cc1c(O)ccc2c1CCCC2)C(=O)OC(C)(C)C.CC[C@H](O)CN(Cc1cc2c(cc1O)CCCC2)C(=O)OC(C)(C)C. The molecule has 2 amide bonds. The molecule has 0 heterocycles. The van der Waals surface area contributed by atoms with E-state index in [9.17, 15) is 30.0 Å². The highest BCUT2D eigenvalue weighted by Gasteiger charge is 2.28. The summed E-state index contributed by atoms with van der Waals surface area (Å²) in [5.74, 6) is 0.417. The van der Waals surface area contributed by atoms with E-state index in [0.717, 1.165) is 62.5 Å². The van der Waals surface area contributed by atoms with Gasteiger partial charge in [-0.3, -0.25) is 0 Å². The fourth-order valence-corrected chi connectivity index (χ4v) is 6.24. The predicted molar refractivity (Wildman–Crippen MR) is 195 cm³/mol. The number of hydrogen-bond acceptors (Lipinski definition) is 8. The van der Waals surface area contributed by atoms with Crippen molar-refractivity contribution in [3.05, 3.63) is 57.6 Å². The molecule has 2 aliphatic carbocycles. The zero-order valence-corrected chi connectivity index (χ0v) is 31.7. The van der Waals surface area contributed by atoms with Crippen LogP contribution in [0.1, 0.15) is 127 Å². The van der Waals surface area contributed by atoms with E-state index in [4.69, 9.17) is 9.47 Å². The topological polar surface area (TPSA) is 140 Å². The first-order valence-electron chi connectivity index (χ1n) is 18.4. The van der Waals surface area contributed by atoms with Gasteiger partial charge in [-0.2, -0.15) is 0 Å². The number of aromatic hydroxyl groups is 2. The number of rotatable bonds is 10. The van der Waals surface area contributed by atoms with Crippen molar-refractivity contribution in [3.8, 4) is 11.5 Å². The zero-order valence-electron chi connectivity index (χ0n) is 31.7. The average molecular weight is 699 g/mol. The van der Waals surface area contributed by atoms with Gasteiger partial charge >= 0.3 is 12.2 Å². The molecule has 0 radical (unpaired) electrons. The van der Waals surface area contributed by atoms with Gasteiger partial charge in [0.2, 0.25) is 0 Å². The Morgan fingerprint density at radius 1 is 0.680 bits per heavy atom. The summed E-state index contributed by atoms with van der Waals surface area (Å²) in [4.78, 5) is 28.1. The van der Waals surface area contributed by atoms with Gasteiger partial charge < -0.3 is 39.7 Å². The monoisotopic (exact) mass is 698 g/mol. The second kappa shape index (κ2) is 18.1. The fourth-order valence-electron chi connectivity index (χ4n) is 6.24. The van der Waals surface area contributed by atoms with Crippen molar-refractivity contribution in [2.75, 3.05) is 13.1 Å². The molecule has 10 nitrogen and oxygen atoms in total. The minimum absolute atomic E-state index is 0.182. The van der Waals surface area contributed by atoms with Gasteiger partial charge in [-0.15, -0.1) is 0 Å². The molecule has 0 saturated heterocycles. The molecule has 0 spiro atoms. The number of aliphatic hydroxyl groups is 2. The lowest BCUT2D eigenvalue weighted by molar-refractivity contribution is 0.0115. The van der Waals surface area contributed by atoms with Gasteiger partial charge in [0.05, 0.1) is 38.4 Å². The van der Waals surface area contributed by atoms with E-state index in [-0.39, 0.29) is 37.7 Å². The van der Waals surface area contributed by atoms with Gasteiger partial charge in [-0.05, 0) is 140 Å². The third kappa shape index (κ3) is 12.7. The van der Waals surface area contributed by atoms with Gasteiger partial charge in [-0.25, -0.2) is 9.59 Å². The Hall–Kier alpha value is -3.50. The Kier molecular flexibility index (Phi) is 14.8. The normalized spacial score (nSPS) is 15.4. The number of nitrogens with zero attached hydrogens (tertiary/aromatic N) is 2. The summed E-state index contributed by atoms with van der Waals surface area (Å²) in [5.41, 5.74) is 5.12. The molecule has 4 rings (SSSR count). The largest absolute Gasteiger partial charge is 0.508 e. The van der Waals surface area contributed by atoms with Crippen LogP contribution in [0.25, 0.3) is 0 Å². The lowest BCUT2D eigenvalue weighted by Gasteiger charge is -2.30. The molecule has 0 aromatic heterocycles. The number of aliphatic hydroxyl groups excluding tert-OH is 2. The predicted octanol–water partition coefficient (Wildman–Crippen LogP) is 7.56. The van der Waals surface area contributed by atoms with E-state index >= 15 is 0 Å². The van der Waals surface area contributed by atoms with Gasteiger partial charge in [0.25, 0.3) is 0 Å². The molecule has 0 unspecified atom stereocenters. The minimum Gasteiger partial charge on any atom is -0.508 e. The molecule has 0 saturated carbocycles. The highest BCUT2D eigenvalue weighted by Crippen LogP contribution is 2.32. The van der Waals surface area contributed by atoms with Gasteiger partial charge in [0.15, 0.2) is 0 Å². The third-order valence-corrected chi connectivity index (χ3v) is 8.99. The molecule has 2 atom stereocenters. The van der Waals surface area contributed by atoms with Crippen LogP contribution in [0.15, 0.2) is 24.3 Å². The molecule has 4 N–H and O–H groups in total. The quantitative estimate of drug-likeness (QED) is 0.199. The molecule has 0 fully saturated rings. The molecule has 2 aromatic carbocycles. The highest BCUT2D eigenvalue weighted by molar-refractivity contribution is 5.69. The van der Waals surface area contributed by atoms with Crippen LogP contribution in [0.3, 0.4) is 0 Å². The number of carbonyl (C=O) groups excluding carboxylic acids is 2. The number of fused-ring (bicyclic) bond motifs is 2. The van der Waals surface area contributed by atoms with Crippen LogP contribution >= 0.6 is 0 Å². The summed E-state index contributed by atoms with van der Waals surface area (Å²) in [6, 6.07) is 7.52. The maximum Gasteiger partial charge on any atom is 0.410 e. The van der Waals surface area contributed by atoms with E-state index in [0.29, 0.717) is 18.4 Å². The number of carbonyl (C=O) groups is 2. The van der Waals surface area contributed by atoms with E-state index < -0.39 is 35.6 Å². The first-order chi connectivity index (χ1) is 23.4. The van der Waals surface area contributed by atoms with Crippen molar-refractivity contribution in [1.29, 1.82) is 0 Å². The van der Waals surface area contributed by atoms with Crippen LogP contribution < -0.4 is 0 Å². The number of amides is 2. The maximum atomic E-state index is 12.6. The maximum absolute atomic E-state index is 12.6. The standard InChI is InChI=1S/2C20H31NO4/c1-5-17(22)13-21(19(24)25-20(2,3)4)12-16-10-14-8-6-7-9-15(14)11-18(16)23;1-5-15(22)12-21(19(24)25-20(2,3)4)13-17-16-9-7-6-8-14(16)10-11-18(17)23/h10-11,17,22-23H,5-9,12-13H2,1-4H3;10-11,15,22-23H,5-9,12-13H2,1-4H3/t17-;15-/m00/s1.